The van der Waals surface area contributed by atoms with E-state index in [2.05, 4.69) is 49.5 Å². The van der Waals surface area contributed by atoms with Gasteiger partial charge in [0.15, 0.2) is 0 Å². The van der Waals surface area contributed by atoms with Gasteiger partial charge in [0.1, 0.15) is 6.54 Å². The molecule has 2 aromatic carbocycles. The molecule has 0 aliphatic heterocycles. The average molecular weight is 479 g/mol. The summed E-state index contributed by atoms with van der Waals surface area (Å²) in [6, 6.07) is 14.7. The maximum absolute atomic E-state index is 12.0. The van der Waals surface area contributed by atoms with Crippen molar-refractivity contribution in [2.45, 2.75) is 64.8 Å². The Balaban J connectivity index is 1.35. The van der Waals surface area contributed by atoms with E-state index < -0.39 is 0 Å². The second-order valence-corrected chi connectivity index (χ2v) is 11.3. The summed E-state index contributed by atoms with van der Waals surface area (Å²) in [6.45, 7) is 7.27. The molecule has 2 atom stereocenters. The summed E-state index contributed by atoms with van der Waals surface area (Å²) in [5.41, 5.74) is 4.41. The SMILES string of the molecule is CCOC(=O)Cn1ccc2ccc(Nc3ccc(C4(C)CC5CC(C)CC(C5)C4)cc3Cl)cc21. The van der Waals surface area contributed by atoms with Gasteiger partial charge in [0.2, 0.25) is 0 Å². The number of nitrogens with zero attached hydrogens (tertiary/aromatic N) is 1. The monoisotopic (exact) mass is 478 g/mol. The molecule has 0 saturated heterocycles. The summed E-state index contributed by atoms with van der Waals surface area (Å²) in [7, 11) is 0. The molecule has 2 saturated carbocycles. The highest BCUT2D eigenvalue weighted by molar-refractivity contribution is 6.33. The molecule has 3 aromatic rings. The third-order valence-corrected chi connectivity index (χ3v) is 8.25. The van der Waals surface area contributed by atoms with Crippen LogP contribution in [0, 0.1) is 17.8 Å². The number of halogens is 1. The fourth-order valence-electron chi connectivity index (χ4n) is 6.72. The lowest BCUT2D eigenvalue weighted by atomic mass is 9.57. The van der Waals surface area contributed by atoms with Crippen molar-refractivity contribution in [1.29, 1.82) is 0 Å². The van der Waals surface area contributed by atoms with Crippen LogP contribution in [0.3, 0.4) is 0 Å². The van der Waals surface area contributed by atoms with Crippen LogP contribution >= 0.6 is 11.6 Å². The Hall–Kier alpha value is -2.46. The standard InChI is InChI=1S/C29H35ClN2O2/c1-4-34-28(33)18-32-10-9-22-5-7-24(15-27(22)32)31-26-8-6-23(14-25(26)30)29(3)16-20-11-19(2)12-21(13-20)17-29/h5-10,14-15,19-21,31H,4,11-13,16-18H2,1-3H3. The number of esters is 1. The Morgan fingerprint density at radius 1 is 1.12 bits per heavy atom. The number of nitrogens with one attached hydrogen (secondary N) is 1. The minimum atomic E-state index is -0.230. The first kappa shape index (κ1) is 23.3. The molecule has 1 aromatic heterocycles. The van der Waals surface area contributed by atoms with Gasteiger partial charge in [-0.25, -0.2) is 0 Å². The highest BCUT2D eigenvalue weighted by Gasteiger charge is 2.41. The smallest absolute Gasteiger partial charge is 0.325 e. The van der Waals surface area contributed by atoms with Crippen LogP contribution in [-0.4, -0.2) is 17.1 Å². The van der Waals surface area contributed by atoms with Gasteiger partial charge in [-0.2, -0.15) is 0 Å². The quantitative estimate of drug-likeness (QED) is 0.369. The summed E-state index contributed by atoms with van der Waals surface area (Å²) in [4.78, 5) is 12.0. The molecule has 5 heteroatoms. The number of fused-ring (bicyclic) bond motifs is 3. The summed E-state index contributed by atoms with van der Waals surface area (Å²) in [6.07, 6.45) is 8.62. The molecule has 1 heterocycles. The van der Waals surface area contributed by atoms with Crippen molar-refractivity contribution in [3.05, 3.63) is 59.2 Å². The van der Waals surface area contributed by atoms with Gasteiger partial charge in [-0.3, -0.25) is 4.79 Å². The Labute approximate surface area is 207 Å². The van der Waals surface area contributed by atoms with Crippen LogP contribution in [-0.2, 0) is 21.5 Å². The maximum Gasteiger partial charge on any atom is 0.325 e. The Morgan fingerprint density at radius 2 is 1.88 bits per heavy atom. The molecule has 4 nitrogen and oxygen atoms in total. The van der Waals surface area contributed by atoms with Crippen LogP contribution in [0.15, 0.2) is 48.7 Å². The summed E-state index contributed by atoms with van der Waals surface area (Å²) < 4.78 is 7.03. The van der Waals surface area contributed by atoms with Crippen molar-refractivity contribution in [2.24, 2.45) is 17.8 Å². The summed E-state index contributed by atoms with van der Waals surface area (Å²) in [5.74, 6) is 2.34. The number of aromatic nitrogens is 1. The maximum atomic E-state index is 12.0. The topological polar surface area (TPSA) is 43.3 Å². The Morgan fingerprint density at radius 3 is 2.59 bits per heavy atom. The molecular weight excluding hydrogens is 444 g/mol. The highest BCUT2D eigenvalue weighted by Crippen LogP contribution is 2.51. The van der Waals surface area contributed by atoms with E-state index in [1.54, 1.807) is 0 Å². The molecule has 2 aliphatic carbocycles. The zero-order valence-electron chi connectivity index (χ0n) is 20.4. The molecule has 180 valence electrons. The molecule has 0 amide bonds. The molecule has 34 heavy (non-hydrogen) atoms. The van der Waals surface area contributed by atoms with Crippen LogP contribution in [0.4, 0.5) is 11.4 Å². The van der Waals surface area contributed by atoms with Gasteiger partial charge in [-0.15, -0.1) is 0 Å². The highest BCUT2D eigenvalue weighted by atomic mass is 35.5. The first-order chi connectivity index (χ1) is 16.3. The second kappa shape index (κ2) is 9.30. The second-order valence-electron chi connectivity index (χ2n) is 10.9. The predicted octanol–water partition coefficient (Wildman–Crippen LogP) is 7.71. The zero-order valence-corrected chi connectivity index (χ0v) is 21.2. The molecular formula is C29H35ClN2O2. The van der Waals surface area contributed by atoms with Crippen LogP contribution in [0.1, 0.15) is 58.4 Å². The van der Waals surface area contributed by atoms with Crippen LogP contribution in [0.25, 0.3) is 10.9 Å². The Kier molecular flexibility index (Phi) is 6.37. The lowest BCUT2D eigenvalue weighted by Gasteiger charge is -2.47. The van der Waals surface area contributed by atoms with Crippen molar-refractivity contribution < 1.29 is 9.53 Å². The number of ether oxygens (including phenoxy) is 1. The van der Waals surface area contributed by atoms with E-state index in [0.717, 1.165) is 45.1 Å². The van der Waals surface area contributed by atoms with Gasteiger partial charge in [0, 0.05) is 11.9 Å². The lowest BCUT2D eigenvalue weighted by molar-refractivity contribution is -0.143. The molecule has 5 rings (SSSR count). The van der Waals surface area contributed by atoms with Crippen LogP contribution in [0.5, 0.6) is 0 Å². The van der Waals surface area contributed by atoms with E-state index in [1.807, 2.05) is 29.8 Å². The zero-order chi connectivity index (χ0) is 23.9. The van der Waals surface area contributed by atoms with Crippen molar-refractivity contribution in [2.75, 3.05) is 11.9 Å². The normalized spacial score (nSPS) is 26.4. The number of hydrogen-bond acceptors (Lipinski definition) is 3. The number of carbonyl (C=O) groups excluding carboxylic acids is 1. The van der Waals surface area contributed by atoms with Gasteiger partial charge in [0.25, 0.3) is 0 Å². The average Bonchev–Trinajstić information content (AvgIpc) is 3.16. The molecule has 0 radical (unpaired) electrons. The predicted molar refractivity (Wildman–Crippen MR) is 140 cm³/mol. The minimum absolute atomic E-state index is 0.204. The van der Waals surface area contributed by atoms with Crippen molar-refractivity contribution in [1.82, 2.24) is 4.57 Å². The van der Waals surface area contributed by atoms with E-state index in [0.29, 0.717) is 6.61 Å². The molecule has 2 unspecified atom stereocenters. The first-order valence-corrected chi connectivity index (χ1v) is 13.0. The largest absolute Gasteiger partial charge is 0.465 e. The fraction of sp³-hybridized carbons (Fsp3) is 0.483. The number of benzene rings is 2. The third kappa shape index (κ3) is 4.70. The van der Waals surface area contributed by atoms with E-state index in [1.165, 1.54) is 37.7 Å². The molecule has 2 aliphatic rings. The summed E-state index contributed by atoms with van der Waals surface area (Å²) in [5, 5.41) is 5.33. The number of rotatable bonds is 6. The number of anilines is 2. The number of hydrogen-bond donors (Lipinski definition) is 1. The van der Waals surface area contributed by atoms with E-state index >= 15 is 0 Å². The molecule has 2 bridgehead atoms. The van der Waals surface area contributed by atoms with E-state index in [4.69, 9.17) is 16.3 Å². The van der Waals surface area contributed by atoms with Crippen molar-refractivity contribution in [3.8, 4) is 0 Å². The van der Waals surface area contributed by atoms with Gasteiger partial charge < -0.3 is 14.6 Å². The minimum Gasteiger partial charge on any atom is -0.465 e. The lowest BCUT2D eigenvalue weighted by Crippen LogP contribution is -2.38. The molecule has 2 fully saturated rings. The van der Waals surface area contributed by atoms with Gasteiger partial charge in [0.05, 0.1) is 22.8 Å². The van der Waals surface area contributed by atoms with Crippen LogP contribution < -0.4 is 5.32 Å². The van der Waals surface area contributed by atoms with E-state index in [9.17, 15) is 4.79 Å². The van der Waals surface area contributed by atoms with Crippen LogP contribution in [0.2, 0.25) is 5.02 Å². The molecule has 0 spiro atoms. The van der Waals surface area contributed by atoms with Crippen molar-refractivity contribution >= 4 is 39.8 Å². The van der Waals surface area contributed by atoms with E-state index in [-0.39, 0.29) is 17.9 Å². The van der Waals surface area contributed by atoms with Gasteiger partial charge in [-0.1, -0.05) is 37.6 Å². The Bertz CT molecular complexity index is 1180. The van der Waals surface area contributed by atoms with Gasteiger partial charge in [-0.05, 0) is 103 Å². The number of carbonyl (C=O) groups is 1. The molecule has 1 N–H and O–H groups in total. The van der Waals surface area contributed by atoms with Gasteiger partial charge >= 0.3 is 5.97 Å². The fourth-order valence-corrected chi connectivity index (χ4v) is 6.95. The third-order valence-electron chi connectivity index (χ3n) is 7.94. The van der Waals surface area contributed by atoms with Crippen molar-refractivity contribution in [3.63, 3.8) is 0 Å². The first-order valence-electron chi connectivity index (χ1n) is 12.6. The summed E-state index contributed by atoms with van der Waals surface area (Å²) >= 11 is 6.81.